The summed E-state index contributed by atoms with van der Waals surface area (Å²) >= 11 is 0. The van der Waals surface area contributed by atoms with E-state index in [4.69, 9.17) is 4.74 Å². The van der Waals surface area contributed by atoms with E-state index in [9.17, 15) is 14.7 Å². The number of para-hydroxylation sites is 1. The number of hydrogen-bond acceptors (Lipinski definition) is 3. The first kappa shape index (κ1) is 16.6. The van der Waals surface area contributed by atoms with Crippen LogP contribution >= 0.6 is 0 Å². The predicted molar refractivity (Wildman–Crippen MR) is 96.2 cm³/mol. The molecule has 2 aliphatic rings. The molecule has 26 heavy (non-hydrogen) atoms. The lowest BCUT2D eigenvalue weighted by Crippen LogP contribution is -2.40. The zero-order chi connectivity index (χ0) is 18.1. The van der Waals surface area contributed by atoms with Gasteiger partial charge in [-0.25, -0.2) is 0 Å². The van der Waals surface area contributed by atoms with Crippen LogP contribution in [0, 0.1) is 5.92 Å². The minimum absolute atomic E-state index is 0.169. The van der Waals surface area contributed by atoms with Crippen molar-refractivity contribution in [3.8, 4) is 5.75 Å². The third-order valence-electron chi connectivity index (χ3n) is 5.07. The van der Waals surface area contributed by atoms with Crippen LogP contribution in [0.2, 0.25) is 0 Å². The van der Waals surface area contributed by atoms with Crippen molar-refractivity contribution in [1.82, 2.24) is 4.90 Å². The molecule has 1 N–H and O–H groups in total. The van der Waals surface area contributed by atoms with Crippen molar-refractivity contribution in [1.29, 1.82) is 0 Å². The SMILES string of the molecule is O=C(O)C1CN(C(=O)c2ccccc2OCC2CC2)Cc2ccccc21. The second-order valence-corrected chi connectivity index (χ2v) is 7.03. The number of ether oxygens (including phenoxy) is 1. The molecule has 1 atom stereocenters. The molecular weight excluding hydrogens is 330 g/mol. The van der Waals surface area contributed by atoms with Gasteiger partial charge in [-0.15, -0.1) is 0 Å². The number of nitrogens with zero attached hydrogens (tertiary/aromatic N) is 1. The summed E-state index contributed by atoms with van der Waals surface area (Å²) in [6, 6.07) is 14.7. The molecule has 134 valence electrons. The summed E-state index contributed by atoms with van der Waals surface area (Å²) in [7, 11) is 0. The van der Waals surface area contributed by atoms with Gasteiger partial charge in [0.05, 0.1) is 18.1 Å². The van der Waals surface area contributed by atoms with E-state index in [0.717, 1.165) is 11.1 Å². The molecule has 2 aromatic carbocycles. The summed E-state index contributed by atoms with van der Waals surface area (Å²) in [4.78, 5) is 26.4. The first-order valence-corrected chi connectivity index (χ1v) is 8.95. The van der Waals surface area contributed by atoms with Crippen molar-refractivity contribution in [2.24, 2.45) is 5.92 Å². The zero-order valence-electron chi connectivity index (χ0n) is 14.4. The molecule has 1 aliphatic heterocycles. The fourth-order valence-electron chi connectivity index (χ4n) is 3.40. The number of benzene rings is 2. The maximum Gasteiger partial charge on any atom is 0.312 e. The molecule has 1 aliphatic carbocycles. The van der Waals surface area contributed by atoms with E-state index in [2.05, 4.69) is 0 Å². The van der Waals surface area contributed by atoms with E-state index in [0.29, 0.717) is 30.4 Å². The number of amides is 1. The minimum Gasteiger partial charge on any atom is -0.492 e. The van der Waals surface area contributed by atoms with Crippen molar-refractivity contribution in [2.45, 2.75) is 25.3 Å². The summed E-state index contributed by atoms with van der Waals surface area (Å²) in [5, 5.41) is 9.60. The molecule has 5 nitrogen and oxygen atoms in total. The Hall–Kier alpha value is -2.82. The molecule has 1 unspecified atom stereocenters. The van der Waals surface area contributed by atoms with Crippen LogP contribution in [-0.2, 0) is 11.3 Å². The standard InChI is InChI=1S/C21H21NO4/c23-20(17-7-3-4-8-19(17)26-13-14-9-10-14)22-11-15-5-1-2-6-16(15)18(12-22)21(24)25/h1-8,14,18H,9-13H2,(H,24,25). The summed E-state index contributed by atoms with van der Waals surface area (Å²) < 4.78 is 5.85. The highest BCUT2D eigenvalue weighted by Gasteiger charge is 2.33. The van der Waals surface area contributed by atoms with E-state index in [1.54, 1.807) is 11.0 Å². The molecule has 1 fully saturated rings. The molecule has 0 spiro atoms. The molecule has 1 saturated carbocycles. The highest BCUT2D eigenvalue weighted by molar-refractivity contribution is 5.97. The molecule has 0 radical (unpaired) electrons. The van der Waals surface area contributed by atoms with Gasteiger partial charge in [-0.3, -0.25) is 9.59 Å². The zero-order valence-corrected chi connectivity index (χ0v) is 14.4. The van der Waals surface area contributed by atoms with Gasteiger partial charge in [0.1, 0.15) is 5.75 Å². The number of carbonyl (C=O) groups excluding carboxylic acids is 1. The van der Waals surface area contributed by atoms with Crippen LogP contribution in [0.1, 0.15) is 40.2 Å². The van der Waals surface area contributed by atoms with Crippen molar-refractivity contribution < 1.29 is 19.4 Å². The molecule has 0 saturated heterocycles. The third kappa shape index (κ3) is 3.29. The fraction of sp³-hybridized carbons (Fsp3) is 0.333. The Morgan fingerprint density at radius 1 is 1.08 bits per heavy atom. The van der Waals surface area contributed by atoms with Crippen LogP contribution in [0.3, 0.4) is 0 Å². The number of carbonyl (C=O) groups is 2. The smallest absolute Gasteiger partial charge is 0.312 e. The minimum atomic E-state index is -0.909. The Bertz CT molecular complexity index is 843. The monoisotopic (exact) mass is 351 g/mol. The topological polar surface area (TPSA) is 66.8 Å². The van der Waals surface area contributed by atoms with Crippen LogP contribution in [0.5, 0.6) is 5.75 Å². The van der Waals surface area contributed by atoms with Crippen LogP contribution < -0.4 is 4.74 Å². The fourth-order valence-corrected chi connectivity index (χ4v) is 3.40. The molecule has 4 rings (SSSR count). The molecule has 1 amide bonds. The summed E-state index contributed by atoms with van der Waals surface area (Å²) in [5.74, 6) is -0.625. The summed E-state index contributed by atoms with van der Waals surface area (Å²) in [5.41, 5.74) is 2.18. The van der Waals surface area contributed by atoms with E-state index in [-0.39, 0.29) is 12.5 Å². The number of rotatable bonds is 5. The van der Waals surface area contributed by atoms with E-state index in [1.807, 2.05) is 42.5 Å². The summed E-state index contributed by atoms with van der Waals surface area (Å²) in [6.07, 6.45) is 2.36. The van der Waals surface area contributed by atoms with Gasteiger partial charge in [-0.2, -0.15) is 0 Å². The largest absolute Gasteiger partial charge is 0.492 e. The maximum atomic E-state index is 13.1. The summed E-state index contributed by atoms with van der Waals surface area (Å²) in [6.45, 7) is 1.21. The average Bonchev–Trinajstić information content (AvgIpc) is 3.49. The van der Waals surface area contributed by atoms with Crippen molar-refractivity contribution in [2.75, 3.05) is 13.2 Å². The van der Waals surface area contributed by atoms with E-state index in [1.165, 1.54) is 12.8 Å². The second-order valence-electron chi connectivity index (χ2n) is 7.03. The highest BCUT2D eigenvalue weighted by atomic mass is 16.5. The molecular formula is C21H21NO4. The number of hydrogen-bond donors (Lipinski definition) is 1. The highest BCUT2D eigenvalue weighted by Crippen LogP contribution is 2.32. The lowest BCUT2D eigenvalue weighted by molar-refractivity contribution is -0.139. The molecule has 5 heteroatoms. The molecule has 0 bridgehead atoms. The quantitative estimate of drug-likeness (QED) is 0.897. The van der Waals surface area contributed by atoms with Gasteiger partial charge in [-0.05, 0) is 42.0 Å². The molecule has 2 aromatic rings. The van der Waals surface area contributed by atoms with E-state index < -0.39 is 11.9 Å². The molecule has 1 heterocycles. The van der Waals surface area contributed by atoms with Crippen molar-refractivity contribution in [3.63, 3.8) is 0 Å². The maximum absolute atomic E-state index is 13.1. The molecule has 0 aromatic heterocycles. The van der Waals surface area contributed by atoms with Crippen LogP contribution in [0.4, 0.5) is 0 Å². The van der Waals surface area contributed by atoms with Gasteiger partial charge in [0.15, 0.2) is 0 Å². The number of carboxylic acids is 1. The van der Waals surface area contributed by atoms with Gasteiger partial charge >= 0.3 is 5.97 Å². The Labute approximate surface area is 152 Å². The van der Waals surface area contributed by atoms with Gasteiger partial charge in [0, 0.05) is 13.1 Å². The van der Waals surface area contributed by atoms with Crippen molar-refractivity contribution in [3.05, 3.63) is 65.2 Å². The van der Waals surface area contributed by atoms with Gasteiger partial charge in [-0.1, -0.05) is 36.4 Å². The Kier molecular flexibility index (Phi) is 4.37. The number of aliphatic carboxylic acids is 1. The van der Waals surface area contributed by atoms with Crippen LogP contribution in [0.25, 0.3) is 0 Å². The van der Waals surface area contributed by atoms with Crippen LogP contribution in [-0.4, -0.2) is 35.0 Å². The van der Waals surface area contributed by atoms with Gasteiger partial charge < -0.3 is 14.7 Å². The Morgan fingerprint density at radius 3 is 2.58 bits per heavy atom. The van der Waals surface area contributed by atoms with Gasteiger partial charge in [0.2, 0.25) is 0 Å². The Balaban J connectivity index is 1.60. The normalized spacial score (nSPS) is 18.9. The van der Waals surface area contributed by atoms with Crippen LogP contribution in [0.15, 0.2) is 48.5 Å². The predicted octanol–water partition coefficient (Wildman–Crippen LogP) is 3.30. The first-order valence-electron chi connectivity index (χ1n) is 8.95. The lowest BCUT2D eigenvalue weighted by atomic mass is 9.89. The van der Waals surface area contributed by atoms with Gasteiger partial charge in [0.25, 0.3) is 5.91 Å². The number of fused-ring (bicyclic) bond motifs is 1. The lowest BCUT2D eigenvalue weighted by Gasteiger charge is -2.33. The second kappa shape index (κ2) is 6.83. The Morgan fingerprint density at radius 2 is 1.81 bits per heavy atom. The number of carboxylic acid groups (broad SMARTS) is 1. The average molecular weight is 351 g/mol. The van der Waals surface area contributed by atoms with Crippen molar-refractivity contribution >= 4 is 11.9 Å². The first-order chi connectivity index (χ1) is 12.6. The third-order valence-corrected chi connectivity index (χ3v) is 5.07. The van der Waals surface area contributed by atoms with E-state index >= 15 is 0 Å².